The zero-order valence-corrected chi connectivity index (χ0v) is 10.8. The van der Waals surface area contributed by atoms with E-state index in [1.54, 1.807) is 6.20 Å². The first-order valence-corrected chi connectivity index (χ1v) is 6.47. The van der Waals surface area contributed by atoms with Crippen LogP contribution in [0.2, 0.25) is 0 Å². The van der Waals surface area contributed by atoms with Gasteiger partial charge >= 0.3 is 0 Å². The van der Waals surface area contributed by atoms with E-state index in [0.29, 0.717) is 38.8 Å². The van der Waals surface area contributed by atoms with E-state index in [1.807, 2.05) is 30.0 Å². The van der Waals surface area contributed by atoms with Crippen LogP contribution >= 0.6 is 0 Å². The Morgan fingerprint density at radius 2 is 2.17 bits per heavy atom. The summed E-state index contributed by atoms with van der Waals surface area (Å²) in [5, 5.41) is 9.83. The maximum Gasteiger partial charge on any atom is 0.222 e. The van der Waals surface area contributed by atoms with Gasteiger partial charge in [0.25, 0.3) is 0 Å². The van der Waals surface area contributed by atoms with Gasteiger partial charge in [-0.25, -0.2) is 0 Å². The molecule has 2 rings (SSSR count). The van der Waals surface area contributed by atoms with Crippen molar-refractivity contribution in [1.29, 1.82) is 0 Å². The summed E-state index contributed by atoms with van der Waals surface area (Å²) in [7, 11) is 0. The zero-order valence-electron chi connectivity index (χ0n) is 10.8. The number of hydrogen-bond acceptors (Lipinski definition) is 3. The van der Waals surface area contributed by atoms with Crippen LogP contribution in [0, 0.1) is 0 Å². The molecule has 4 nitrogen and oxygen atoms in total. The van der Waals surface area contributed by atoms with Gasteiger partial charge in [-0.05, 0) is 38.3 Å². The van der Waals surface area contributed by atoms with Gasteiger partial charge < -0.3 is 10.0 Å². The molecule has 0 aromatic carbocycles. The average Bonchev–Trinajstić information content (AvgIpc) is 2.37. The van der Waals surface area contributed by atoms with Gasteiger partial charge in [0, 0.05) is 31.4 Å². The third-order valence-corrected chi connectivity index (χ3v) is 3.51. The standard InChI is InChI=1S/C14H20N2O2/c1-14(18)7-10-16(11-8-14)13(17)6-5-12-4-2-3-9-15-12/h2-4,9,18H,5-8,10-11H2,1H3. The molecular formula is C14H20N2O2. The molecule has 1 fully saturated rings. The molecule has 1 saturated heterocycles. The summed E-state index contributed by atoms with van der Waals surface area (Å²) < 4.78 is 0. The smallest absolute Gasteiger partial charge is 0.222 e. The maximum atomic E-state index is 12.0. The van der Waals surface area contributed by atoms with Crippen LogP contribution in [0.1, 0.15) is 31.9 Å². The van der Waals surface area contributed by atoms with Gasteiger partial charge in [0.2, 0.25) is 5.91 Å². The van der Waals surface area contributed by atoms with E-state index >= 15 is 0 Å². The lowest BCUT2D eigenvalue weighted by molar-refractivity contribution is -0.134. The van der Waals surface area contributed by atoms with Gasteiger partial charge in [0.05, 0.1) is 5.60 Å². The van der Waals surface area contributed by atoms with Crippen molar-refractivity contribution in [2.75, 3.05) is 13.1 Å². The van der Waals surface area contributed by atoms with Crippen LogP contribution in [0.3, 0.4) is 0 Å². The molecule has 4 heteroatoms. The van der Waals surface area contributed by atoms with E-state index < -0.39 is 5.60 Å². The van der Waals surface area contributed by atoms with Gasteiger partial charge in [0.1, 0.15) is 0 Å². The second-order valence-electron chi connectivity index (χ2n) is 5.20. The minimum absolute atomic E-state index is 0.163. The molecule has 0 radical (unpaired) electrons. The van der Waals surface area contributed by atoms with Crippen LogP contribution in [0.5, 0.6) is 0 Å². The van der Waals surface area contributed by atoms with E-state index in [2.05, 4.69) is 4.98 Å². The summed E-state index contributed by atoms with van der Waals surface area (Å²) >= 11 is 0. The SMILES string of the molecule is CC1(O)CCN(C(=O)CCc2ccccn2)CC1. The highest BCUT2D eigenvalue weighted by Crippen LogP contribution is 2.21. The second kappa shape index (κ2) is 5.48. The first-order chi connectivity index (χ1) is 8.57. The van der Waals surface area contributed by atoms with Crippen molar-refractivity contribution in [1.82, 2.24) is 9.88 Å². The number of hydrogen-bond donors (Lipinski definition) is 1. The summed E-state index contributed by atoms with van der Waals surface area (Å²) in [6.07, 6.45) is 4.27. The molecule has 1 aromatic rings. The molecule has 1 aromatic heterocycles. The molecule has 0 unspecified atom stereocenters. The molecule has 18 heavy (non-hydrogen) atoms. The van der Waals surface area contributed by atoms with E-state index in [0.717, 1.165) is 5.69 Å². The fraction of sp³-hybridized carbons (Fsp3) is 0.571. The van der Waals surface area contributed by atoms with Crippen LogP contribution in [-0.4, -0.2) is 39.6 Å². The summed E-state index contributed by atoms with van der Waals surface area (Å²) in [6, 6.07) is 5.75. The van der Waals surface area contributed by atoms with Crippen LogP contribution in [0.15, 0.2) is 24.4 Å². The lowest BCUT2D eigenvalue weighted by Crippen LogP contribution is -2.45. The third kappa shape index (κ3) is 3.53. The van der Waals surface area contributed by atoms with Gasteiger partial charge in [-0.3, -0.25) is 9.78 Å². The first kappa shape index (κ1) is 13.0. The van der Waals surface area contributed by atoms with Crippen molar-refractivity contribution in [2.45, 2.75) is 38.2 Å². The van der Waals surface area contributed by atoms with E-state index in [1.165, 1.54) is 0 Å². The van der Waals surface area contributed by atoms with E-state index in [9.17, 15) is 9.90 Å². The van der Waals surface area contributed by atoms with Crippen molar-refractivity contribution in [3.63, 3.8) is 0 Å². The Bertz CT molecular complexity index is 394. The Morgan fingerprint density at radius 3 is 2.78 bits per heavy atom. The lowest BCUT2D eigenvalue weighted by Gasteiger charge is -2.35. The number of likely N-dealkylation sites (tertiary alicyclic amines) is 1. The Balaban J connectivity index is 1.79. The van der Waals surface area contributed by atoms with Crippen molar-refractivity contribution in [3.05, 3.63) is 30.1 Å². The number of carbonyl (C=O) groups is 1. The Hall–Kier alpha value is -1.42. The molecule has 0 spiro atoms. The van der Waals surface area contributed by atoms with Gasteiger partial charge in [-0.2, -0.15) is 0 Å². The highest BCUT2D eigenvalue weighted by atomic mass is 16.3. The van der Waals surface area contributed by atoms with Crippen molar-refractivity contribution >= 4 is 5.91 Å². The number of pyridine rings is 1. The van der Waals surface area contributed by atoms with E-state index in [-0.39, 0.29) is 5.91 Å². The predicted molar refractivity (Wildman–Crippen MR) is 69.0 cm³/mol. The highest BCUT2D eigenvalue weighted by molar-refractivity contribution is 5.76. The number of aryl methyl sites for hydroxylation is 1. The fourth-order valence-electron chi connectivity index (χ4n) is 2.18. The molecule has 0 bridgehead atoms. The van der Waals surface area contributed by atoms with Gasteiger partial charge in [0.15, 0.2) is 0 Å². The Kier molecular flexibility index (Phi) is 3.97. The molecule has 1 aliphatic rings. The fourth-order valence-corrected chi connectivity index (χ4v) is 2.18. The summed E-state index contributed by atoms with van der Waals surface area (Å²) in [4.78, 5) is 18.1. The number of carbonyl (C=O) groups excluding carboxylic acids is 1. The molecule has 0 aliphatic carbocycles. The molecule has 1 N–H and O–H groups in total. The van der Waals surface area contributed by atoms with Gasteiger partial charge in [-0.1, -0.05) is 6.07 Å². The molecule has 98 valence electrons. The molecule has 0 atom stereocenters. The van der Waals surface area contributed by atoms with Crippen molar-refractivity contribution in [2.24, 2.45) is 0 Å². The Labute approximate surface area is 108 Å². The maximum absolute atomic E-state index is 12.0. The quantitative estimate of drug-likeness (QED) is 0.879. The number of aliphatic hydroxyl groups is 1. The molecule has 2 heterocycles. The minimum atomic E-state index is -0.599. The van der Waals surface area contributed by atoms with Gasteiger partial charge in [-0.15, -0.1) is 0 Å². The highest BCUT2D eigenvalue weighted by Gasteiger charge is 2.29. The topological polar surface area (TPSA) is 53.4 Å². The summed E-state index contributed by atoms with van der Waals surface area (Å²) in [6.45, 7) is 3.16. The zero-order chi connectivity index (χ0) is 13.0. The summed E-state index contributed by atoms with van der Waals surface area (Å²) in [5.74, 6) is 0.163. The number of aromatic nitrogens is 1. The number of nitrogens with zero attached hydrogens (tertiary/aromatic N) is 2. The minimum Gasteiger partial charge on any atom is -0.390 e. The number of rotatable bonds is 3. The normalized spacial score (nSPS) is 18.7. The number of amides is 1. The molecule has 1 amide bonds. The van der Waals surface area contributed by atoms with Crippen molar-refractivity contribution < 1.29 is 9.90 Å². The number of piperidine rings is 1. The van der Waals surface area contributed by atoms with Crippen LogP contribution in [-0.2, 0) is 11.2 Å². The van der Waals surface area contributed by atoms with Crippen molar-refractivity contribution in [3.8, 4) is 0 Å². The summed E-state index contributed by atoms with van der Waals surface area (Å²) in [5.41, 5.74) is 0.354. The molecular weight excluding hydrogens is 228 g/mol. The second-order valence-corrected chi connectivity index (χ2v) is 5.20. The predicted octanol–water partition coefficient (Wildman–Crippen LogP) is 1.39. The molecule has 0 saturated carbocycles. The first-order valence-electron chi connectivity index (χ1n) is 6.47. The van der Waals surface area contributed by atoms with Crippen LogP contribution < -0.4 is 0 Å². The third-order valence-electron chi connectivity index (χ3n) is 3.51. The average molecular weight is 248 g/mol. The largest absolute Gasteiger partial charge is 0.390 e. The Morgan fingerprint density at radius 1 is 1.44 bits per heavy atom. The molecule has 1 aliphatic heterocycles. The monoisotopic (exact) mass is 248 g/mol. The van der Waals surface area contributed by atoms with Crippen LogP contribution in [0.25, 0.3) is 0 Å². The van der Waals surface area contributed by atoms with E-state index in [4.69, 9.17) is 0 Å². The lowest BCUT2D eigenvalue weighted by atomic mass is 9.93. The van der Waals surface area contributed by atoms with Crippen LogP contribution in [0.4, 0.5) is 0 Å².